The van der Waals surface area contributed by atoms with Gasteiger partial charge in [0, 0.05) is 13.1 Å². The molecule has 2 N–H and O–H groups in total. The molecular weight excluding hydrogens is 248 g/mol. The highest BCUT2D eigenvalue weighted by Gasteiger charge is 2.41. The van der Waals surface area contributed by atoms with Crippen LogP contribution in [-0.4, -0.2) is 35.2 Å². The fraction of sp³-hybridized carbons (Fsp3) is 0.647. The number of hydrogen-bond acceptors (Lipinski definition) is 3. The molecule has 1 saturated heterocycles. The molecule has 3 nitrogen and oxygen atoms in total. The van der Waals surface area contributed by atoms with E-state index in [9.17, 15) is 5.11 Å². The molecule has 0 aliphatic carbocycles. The smallest absolute Gasteiger partial charge is 0.0854 e. The van der Waals surface area contributed by atoms with Gasteiger partial charge in [0.05, 0.1) is 11.6 Å². The predicted octanol–water partition coefficient (Wildman–Crippen LogP) is 2.46. The minimum atomic E-state index is -0.588. The molecule has 0 saturated carbocycles. The van der Waals surface area contributed by atoms with E-state index in [1.165, 1.54) is 17.5 Å². The molecule has 3 heteroatoms. The van der Waals surface area contributed by atoms with Gasteiger partial charge < -0.3 is 15.3 Å². The Morgan fingerprint density at radius 3 is 3.00 bits per heavy atom. The zero-order valence-electron chi connectivity index (χ0n) is 12.4. The van der Waals surface area contributed by atoms with E-state index < -0.39 is 5.60 Å². The molecular formula is C17H26N2O. The third-order valence-electron chi connectivity index (χ3n) is 4.88. The molecule has 2 aliphatic heterocycles. The average molecular weight is 274 g/mol. The molecule has 0 radical (unpaired) electrons. The lowest BCUT2D eigenvalue weighted by Gasteiger charge is -2.34. The van der Waals surface area contributed by atoms with E-state index in [-0.39, 0.29) is 6.04 Å². The molecule has 3 rings (SSSR count). The summed E-state index contributed by atoms with van der Waals surface area (Å²) in [5, 5.41) is 14.7. The van der Waals surface area contributed by atoms with Crippen molar-refractivity contribution in [2.75, 3.05) is 19.6 Å². The second-order valence-electron chi connectivity index (χ2n) is 6.31. The molecule has 1 aromatic rings. The first-order chi connectivity index (χ1) is 9.73. The van der Waals surface area contributed by atoms with Gasteiger partial charge in [0.1, 0.15) is 0 Å². The molecule has 0 spiro atoms. The van der Waals surface area contributed by atoms with E-state index in [1.807, 2.05) is 0 Å². The number of nitrogens with zero attached hydrogens (tertiary/aromatic N) is 1. The Hall–Kier alpha value is -0.900. The van der Waals surface area contributed by atoms with Crippen molar-refractivity contribution in [2.24, 2.45) is 0 Å². The van der Waals surface area contributed by atoms with E-state index in [0.717, 1.165) is 45.4 Å². The van der Waals surface area contributed by atoms with Crippen LogP contribution in [0.25, 0.3) is 0 Å². The zero-order valence-corrected chi connectivity index (χ0v) is 12.4. The summed E-state index contributed by atoms with van der Waals surface area (Å²) in [7, 11) is 0. The van der Waals surface area contributed by atoms with Crippen molar-refractivity contribution < 1.29 is 5.11 Å². The summed E-state index contributed by atoms with van der Waals surface area (Å²) >= 11 is 0. The molecule has 1 fully saturated rings. The molecule has 110 valence electrons. The Morgan fingerprint density at radius 2 is 2.15 bits per heavy atom. The van der Waals surface area contributed by atoms with Gasteiger partial charge in [0.2, 0.25) is 0 Å². The van der Waals surface area contributed by atoms with Crippen LogP contribution >= 0.6 is 0 Å². The van der Waals surface area contributed by atoms with Crippen LogP contribution in [0, 0.1) is 0 Å². The van der Waals surface area contributed by atoms with Crippen molar-refractivity contribution in [3.8, 4) is 0 Å². The second kappa shape index (κ2) is 5.84. The van der Waals surface area contributed by atoms with Crippen LogP contribution in [0.5, 0.6) is 0 Å². The van der Waals surface area contributed by atoms with Crippen LogP contribution in [0.4, 0.5) is 0 Å². The third-order valence-corrected chi connectivity index (χ3v) is 4.88. The highest BCUT2D eigenvalue weighted by atomic mass is 16.3. The van der Waals surface area contributed by atoms with Crippen LogP contribution in [0.2, 0.25) is 0 Å². The lowest BCUT2D eigenvalue weighted by atomic mass is 9.83. The Bertz CT molecular complexity index is 462. The fourth-order valence-electron chi connectivity index (χ4n) is 3.80. The molecule has 0 bridgehead atoms. The Kier molecular flexibility index (Phi) is 4.11. The maximum absolute atomic E-state index is 11.2. The highest BCUT2D eigenvalue weighted by molar-refractivity contribution is 5.36. The highest BCUT2D eigenvalue weighted by Crippen LogP contribution is 2.39. The van der Waals surface area contributed by atoms with Crippen molar-refractivity contribution in [1.29, 1.82) is 0 Å². The zero-order chi connectivity index (χ0) is 14.0. The minimum Gasteiger partial charge on any atom is -0.388 e. The lowest BCUT2D eigenvalue weighted by molar-refractivity contribution is -0.00973. The van der Waals surface area contributed by atoms with Crippen molar-refractivity contribution in [3.05, 3.63) is 35.4 Å². The third kappa shape index (κ3) is 2.62. The van der Waals surface area contributed by atoms with Crippen LogP contribution in [0.3, 0.4) is 0 Å². The van der Waals surface area contributed by atoms with Gasteiger partial charge in [-0.15, -0.1) is 0 Å². The normalized spacial score (nSPS) is 31.0. The Morgan fingerprint density at radius 1 is 1.30 bits per heavy atom. The van der Waals surface area contributed by atoms with E-state index in [2.05, 4.69) is 41.4 Å². The predicted molar refractivity (Wildman–Crippen MR) is 81.6 cm³/mol. The van der Waals surface area contributed by atoms with Gasteiger partial charge >= 0.3 is 0 Å². The number of hydrogen-bond donors (Lipinski definition) is 2. The van der Waals surface area contributed by atoms with Gasteiger partial charge in [0.15, 0.2) is 0 Å². The standard InChI is InChI=1S/C17H26N2O/c1-2-10-19-11-5-8-17(20,9-12-19)16-15-7-4-3-6-14(15)13-18-16/h3-4,6-7,16,18,20H,2,5,8-13H2,1H3. The number of benzene rings is 1. The second-order valence-corrected chi connectivity index (χ2v) is 6.31. The van der Waals surface area contributed by atoms with Crippen molar-refractivity contribution in [3.63, 3.8) is 0 Å². The number of nitrogens with one attached hydrogen (secondary N) is 1. The SMILES string of the molecule is CCCN1CCCC(O)(C2NCc3ccccc32)CC1. The summed E-state index contributed by atoms with van der Waals surface area (Å²) in [6.07, 6.45) is 4.07. The molecule has 2 aliphatic rings. The molecule has 0 amide bonds. The Balaban J connectivity index is 1.76. The maximum atomic E-state index is 11.2. The van der Waals surface area contributed by atoms with E-state index >= 15 is 0 Å². The van der Waals surface area contributed by atoms with Crippen LogP contribution in [-0.2, 0) is 6.54 Å². The minimum absolute atomic E-state index is 0.111. The first-order valence-corrected chi connectivity index (χ1v) is 7.99. The van der Waals surface area contributed by atoms with Crippen molar-refractivity contribution >= 4 is 0 Å². The number of aliphatic hydroxyl groups is 1. The molecule has 2 heterocycles. The van der Waals surface area contributed by atoms with E-state index in [0.29, 0.717) is 0 Å². The molecule has 2 unspecified atom stereocenters. The average Bonchev–Trinajstić information content (AvgIpc) is 2.81. The monoisotopic (exact) mass is 274 g/mol. The summed E-state index contributed by atoms with van der Waals surface area (Å²) in [6, 6.07) is 8.63. The van der Waals surface area contributed by atoms with Gasteiger partial charge in [-0.25, -0.2) is 0 Å². The van der Waals surface area contributed by atoms with Crippen LogP contribution in [0.1, 0.15) is 49.8 Å². The summed E-state index contributed by atoms with van der Waals surface area (Å²) in [6.45, 7) is 6.42. The molecule has 1 aromatic carbocycles. The molecule has 2 atom stereocenters. The van der Waals surface area contributed by atoms with Gasteiger partial charge in [0.25, 0.3) is 0 Å². The van der Waals surface area contributed by atoms with Crippen molar-refractivity contribution in [1.82, 2.24) is 10.2 Å². The molecule has 0 aromatic heterocycles. The number of fused-ring (bicyclic) bond motifs is 1. The summed E-state index contributed by atoms with van der Waals surface area (Å²) in [4.78, 5) is 2.50. The van der Waals surface area contributed by atoms with Gasteiger partial charge in [-0.05, 0) is 49.9 Å². The first-order valence-electron chi connectivity index (χ1n) is 7.99. The van der Waals surface area contributed by atoms with Gasteiger partial charge in [-0.1, -0.05) is 31.2 Å². The summed E-state index contributed by atoms with van der Waals surface area (Å²) < 4.78 is 0. The number of rotatable bonds is 3. The summed E-state index contributed by atoms with van der Waals surface area (Å²) in [5.41, 5.74) is 2.06. The maximum Gasteiger partial charge on any atom is 0.0854 e. The summed E-state index contributed by atoms with van der Waals surface area (Å²) in [5.74, 6) is 0. The van der Waals surface area contributed by atoms with Crippen molar-refractivity contribution in [2.45, 2.75) is 50.8 Å². The topological polar surface area (TPSA) is 35.5 Å². The lowest BCUT2D eigenvalue weighted by Crippen LogP contribution is -2.42. The molecule has 20 heavy (non-hydrogen) atoms. The van der Waals surface area contributed by atoms with E-state index in [4.69, 9.17) is 0 Å². The quantitative estimate of drug-likeness (QED) is 0.889. The largest absolute Gasteiger partial charge is 0.388 e. The van der Waals surface area contributed by atoms with E-state index in [1.54, 1.807) is 0 Å². The van der Waals surface area contributed by atoms with Gasteiger partial charge in [-0.3, -0.25) is 0 Å². The van der Waals surface area contributed by atoms with Crippen LogP contribution < -0.4 is 5.32 Å². The first kappa shape index (κ1) is 14.1. The Labute approximate surface area is 122 Å². The van der Waals surface area contributed by atoms with Crippen LogP contribution in [0.15, 0.2) is 24.3 Å². The van der Waals surface area contributed by atoms with Gasteiger partial charge in [-0.2, -0.15) is 0 Å². The number of likely N-dealkylation sites (tertiary alicyclic amines) is 1. The fourth-order valence-corrected chi connectivity index (χ4v) is 3.80.